The summed E-state index contributed by atoms with van der Waals surface area (Å²) in [5.74, 6) is -0.209. The van der Waals surface area contributed by atoms with E-state index in [9.17, 15) is 9.59 Å². The van der Waals surface area contributed by atoms with Gasteiger partial charge in [-0.2, -0.15) is 0 Å². The average molecular weight is 435 g/mol. The minimum absolute atomic E-state index is 0.0974. The van der Waals surface area contributed by atoms with Gasteiger partial charge < -0.3 is 10.2 Å². The van der Waals surface area contributed by atoms with Crippen molar-refractivity contribution in [3.05, 3.63) is 69.7 Å². The number of hydrogen-bond donors (Lipinski definition) is 1. The zero-order valence-electron chi connectivity index (χ0n) is 17.0. The van der Waals surface area contributed by atoms with Gasteiger partial charge in [-0.25, -0.2) is 0 Å². The molecule has 29 heavy (non-hydrogen) atoms. The van der Waals surface area contributed by atoms with Crippen LogP contribution in [0.3, 0.4) is 0 Å². The van der Waals surface area contributed by atoms with Crippen molar-refractivity contribution >= 4 is 35.0 Å². The van der Waals surface area contributed by atoms with Crippen molar-refractivity contribution < 1.29 is 9.59 Å². The lowest BCUT2D eigenvalue weighted by atomic mass is 10.1. The molecule has 1 N–H and O–H groups in total. The number of carbonyl (C=O) groups is 2. The number of hydrogen-bond acceptors (Lipinski definition) is 2. The van der Waals surface area contributed by atoms with E-state index in [0.717, 1.165) is 24.0 Å². The van der Waals surface area contributed by atoms with Gasteiger partial charge >= 0.3 is 0 Å². The fourth-order valence-electron chi connectivity index (χ4n) is 3.09. The molecule has 0 fully saturated rings. The molecule has 0 heterocycles. The van der Waals surface area contributed by atoms with Crippen LogP contribution in [0.25, 0.3) is 0 Å². The number of amides is 2. The van der Waals surface area contributed by atoms with Crippen LogP contribution >= 0.6 is 23.2 Å². The highest BCUT2D eigenvalue weighted by atomic mass is 35.5. The monoisotopic (exact) mass is 434 g/mol. The van der Waals surface area contributed by atoms with Crippen molar-refractivity contribution in [2.24, 2.45) is 0 Å². The van der Waals surface area contributed by atoms with Gasteiger partial charge in [0.25, 0.3) is 0 Å². The molecule has 0 aliphatic rings. The van der Waals surface area contributed by atoms with Crippen LogP contribution in [0.2, 0.25) is 10.0 Å². The second kappa shape index (κ2) is 11.8. The van der Waals surface area contributed by atoms with E-state index in [4.69, 9.17) is 23.2 Å². The Kier molecular flexibility index (Phi) is 9.49. The highest BCUT2D eigenvalue weighted by Gasteiger charge is 2.28. The Labute approximate surface area is 183 Å². The number of nitrogens with zero attached hydrogens (tertiary/aromatic N) is 1. The Morgan fingerprint density at radius 3 is 2.00 bits per heavy atom. The van der Waals surface area contributed by atoms with Crippen LogP contribution in [0.15, 0.2) is 48.5 Å². The second-order valence-electron chi connectivity index (χ2n) is 7.02. The Morgan fingerprint density at radius 1 is 0.931 bits per heavy atom. The predicted molar refractivity (Wildman–Crippen MR) is 119 cm³/mol. The van der Waals surface area contributed by atoms with E-state index in [1.54, 1.807) is 29.2 Å². The van der Waals surface area contributed by atoms with Crippen LogP contribution in [-0.4, -0.2) is 29.3 Å². The highest BCUT2D eigenvalue weighted by molar-refractivity contribution is 6.30. The molecular formula is C23H28Cl2N2O2. The van der Waals surface area contributed by atoms with Gasteiger partial charge in [-0.15, -0.1) is 0 Å². The van der Waals surface area contributed by atoms with Crippen LogP contribution in [0.5, 0.6) is 0 Å². The summed E-state index contributed by atoms with van der Waals surface area (Å²) in [5, 5.41) is 4.23. The lowest BCUT2D eigenvalue weighted by Gasteiger charge is -2.31. The third-order valence-corrected chi connectivity index (χ3v) is 5.25. The normalized spacial score (nSPS) is 11.7. The maximum absolute atomic E-state index is 13.2. The number of unbranched alkanes of at least 4 members (excludes halogenated alkanes) is 1. The Morgan fingerprint density at radius 2 is 1.48 bits per heavy atom. The number of rotatable bonds is 10. The largest absolute Gasteiger partial charge is 0.354 e. The van der Waals surface area contributed by atoms with E-state index in [-0.39, 0.29) is 18.2 Å². The molecule has 0 saturated heterocycles. The molecule has 0 aliphatic carbocycles. The van der Waals surface area contributed by atoms with Gasteiger partial charge in [0.2, 0.25) is 11.8 Å². The molecule has 2 aromatic carbocycles. The molecule has 0 unspecified atom stereocenters. The molecule has 156 valence electrons. The van der Waals surface area contributed by atoms with Crippen molar-refractivity contribution in [1.29, 1.82) is 0 Å². The van der Waals surface area contributed by atoms with Crippen molar-refractivity contribution in [2.75, 3.05) is 6.54 Å². The summed E-state index contributed by atoms with van der Waals surface area (Å²) in [7, 11) is 0. The van der Waals surface area contributed by atoms with Crippen LogP contribution in [0.1, 0.15) is 44.2 Å². The third kappa shape index (κ3) is 7.37. The predicted octanol–water partition coefficient (Wildman–Crippen LogP) is 5.26. The van der Waals surface area contributed by atoms with Gasteiger partial charge in [0.05, 0.1) is 6.42 Å². The summed E-state index contributed by atoms with van der Waals surface area (Å²) < 4.78 is 0. The molecule has 2 aromatic rings. The number of benzene rings is 2. The number of carbonyl (C=O) groups excluding carboxylic acids is 2. The minimum Gasteiger partial charge on any atom is -0.354 e. The smallest absolute Gasteiger partial charge is 0.242 e. The number of nitrogens with one attached hydrogen (secondary N) is 1. The van der Waals surface area contributed by atoms with E-state index in [1.165, 1.54) is 0 Å². The van der Waals surface area contributed by atoms with Crippen LogP contribution < -0.4 is 5.32 Å². The Bertz CT molecular complexity index is 792. The minimum atomic E-state index is -0.526. The summed E-state index contributed by atoms with van der Waals surface area (Å²) >= 11 is 11.9. The van der Waals surface area contributed by atoms with E-state index >= 15 is 0 Å². The lowest BCUT2D eigenvalue weighted by molar-refractivity contribution is -0.140. The van der Waals surface area contributed by atoms with Crippen molar-refractivity contribution in [3.8, 4) is 0 Å². The van der Waals surface area contributed by atoms with E-state index in [1.807, 2.05) is 31.2 Å². The average Bonchev–Trinajstić information content (AvgIpc) is 2.71. The van der Waals surface area contributed by atoms with Gasteiger partial charge in [0.1, 0.15) is 6.04 Å². The molecule has 2 amide bonds. The standard InChI is InChI=1S/C23H28Cl2N2O2/c1-3-5-14-26-23(29)21(4-2)27(16-18-8-12-20(25)13-9-18)22(28)15-17-6-10-19(24)11-7-17/h6-13,21H,3-5,14-16H2,1-2H3,(H,26,29)/t21-/m0/s1. The Balaban J connectivity index is 2.22. The van der Waals surface area contributed by atoms with Gasteiger partial charge in [-0.05, 0) is 48.2 Å². The van der Waals surface area contributed by atoms with Crippen LogP contribution in [0, 0.1) is 0 Å². The molecule has 0 saturated carbocycles. The first-order chi connectivity index (χ1) is 13.9. The third-order valence-electron chi connectivity index (χ3n) is 4.75. The molecule has 4 nitrogen and oxygen atoms in total. The molecule has 6 heteroatoms. The lowest BCUT2D eigenvalue weighted by Crippen LogP contribution is -2.49. The Hall–Kier alpha value is -2.04. The number of halogens is 2. The first kappa shape index (κ1) is 23.2. The summed E-state index contributed by atoms with van der Waals surface area (Å²) in [4.78, 5) is 27.6. The SMILES string of the molecule is CCCCNC(=O)[C@H](CC)N(Cc1ccc(Cl)cc1)C(=O)Cc1ccc(Cl)cc1. The molecule has 0 spiro atoms. The summed E-state index contributed by atoms with van der Waals surface area (Å²) in [6, 6.07) is 14.0. The van der Waals surface area contributed by atoms with Crippen LogP contribution in [-0.2, 0) is 22.6 Å². The molecule has 0 aromatic heterocycles. The van der Waals surface area contributed by atoms with E-state index in [0.29, 0.717) is 29.6 Å². The topological polar surface area (TPSA) is 49.4 Å². The second-order valence-corrected chi connectivity index (χ2v) is 7.89. The molecule has 0 bridgehead atoms. The zero-order valence-corrected chi connectivity index (χ0v) is 18.5. The zero-order chi connectivity index (χ0) is 21.2. The first-order valence-corrected chi connectivity index (χ1v) is 10.8. The van der Waals surface area contributed by atoms with Crippen molar-refractivity contribution in [1.82, 2.24) is 10.2 Å². The fraction of sp³-hybridized carbons (Fsp3) is 0.391. The van der Waals surface area contributed by atoms with Crippen molar-refractivity contribution in [2.45, 2.75) is 52.1 Å². The van der Waals surface area contributed by atoms with Crippen molar-refractivity contribution in [3.63, 3.8) is 0 Å². The molecular weight excluding hydrogens is 407 g/mol. The quantitative estimate of drug-likeness (QED) is 0.518. The summed E-state index contributed by atoms with van der Waals surface area (Å²) in [6.45, 7) is 4.97. The molecule has 1 atom stereocenters. The van der Waals surface area contributed by atoms with E-state index in [2.05, 4.69) is 12.2 Å². The molecule has 0 radical (unpaired) electrons. The van der Waals surface area contributed by atoms with Gasteiger partial charge in [-0.1, -0.05) is 67.7 Å². The summed E-state index contributed by atoms with van der Waals surface area (Å²) in [6.07, 6.45) is 2.67. The van der Waals surface area contributed by atoms with Gasteiger partial charge in [-0.3, -0.25) is 9.59 Å². The maximum atomic E-state index is 13.2. The van der Waals surface area contributed by atoms with Crippen LogP contribution in [0.4, 0.5) is 0 Å². The summed E-state index contributed by atoms with van der Waals surface area (Å²) in [5.41, 5.74) is 1.79. The fourth-order valence-corrected chi connectivity index (χ4v) is 3.34. The van der Waals surface area contributed by atoms with E-state index < -0.39 is 6.04 Å². The van der Waals surface area contributed by atoms with Gasteiger partial charge in [0, 0.05) is 23.1 Å². The molecule has 2 rings (SSSR count). The molecule has 0 aliphatic heterocycles. The first-order valence-electron chi connectivity index (χ1n) is 10.0. The maximum Gasteiger partial charge on any atom is 0.242 e. The van der Waals surface area contributed by atoms with Gasteiger partial charge in [0.15, 0.2) is 0 Å². The highest BCUT2D eigenvalue weighted by Crippen LogP contribution is 2.17.